The minimum absolute atomic E-state index is 0.0778. The van der Waals surface area contributed by atoms with Gasteiger partial charge in [-0.15, -0.1) is 0 Å². The summed E-state index contributed by atoms with van der Waals surface area (Å²) < 4.78 is 23.3. The lowest BCUT2D eigenvalue weighted by atomic mass is 10.1. The number of esters is 3. The van der Waals surface area contributed by atoms with Crippen LogP contribution in [-0.2, 0) is 39.9 Å². The Bertz CT molecular complexity index is 1330. The predicted molar refractivity (Wildman–Crippen MR) is 131 cm³/mol. The summed E-state index contributed by atoms with van der Waals surface area (Å²) in [7, 11) is 0. The minimum Gasteiger partial charge on any atom is -0.463 e. The summed E-state index contributed by atoms with van der Waals surface area (Å²) in [6.45, 7) is 3.74. The van der Waals surface area contributed by atoms with E-state index in [0.29, 0.717) is 22.8 Å². The molecule has 4 atom stereocenters. The summed E-state index contributed by atoms with van der Waals surface area (Å²) in [5.41, 5.74) is 1.10. The topological polar surface area (TPSA) is 144 Å². The zero-order valence-corrected chi connectivity index (χ0v) is 21.5. The Morgan fingerprint density at radius 1 is 1.03 bits per heavy atom. The molecule has 0 amide bonds. The van der Waals surface area contributed by atoms with E-state index < -0.39 is 42.4 Å². The van der Waals surface area contributed by atoms with Gasteiger partial charge in [-0.05, 0) is 23.2 Å². The van der Waals surface area contributed by atoms with Crippen LogP contribution in [0.15, 0.2) is 30.5 Å². The SMILES string of the molecule is CC(=O)OC[C@H]1O[C@@H](n2ncc3c(NCc4ccccc4Cl)nc(Cl)nc32)[C@H](OC(C)=O)[C@@H]1OC(C)=O. The van der Waals surface area contributed by atoms with Gasteiger partial charge in [0.2, 0.25) is 5.28 Å². The van der Waals surface area contributed by atoms with Crippen LogP contribution >= 0.6 is 23.2 Å². The lowest BCUT2D eigenvalue weighted by Crippen LogP contribution is -2.40. The first kappa shape index (κ1) is 26.6. The maximum Gasteiger partial charge on any atom is 0.303 e. The normalized spacial score (nSPS) is 21.0. The van der Waals surface area contributed by atoms with Crippen molar-refractivity contribution >= 4 is 58.0 Å². The first-order valence-corrected chi connectivity index (χ1v) is 11.9. The van der Waals surface area contributed by atoms with Crippen molar-refractivity contribution in [2.75, 3.05) is 11.9 Å². The van der Waals surface area contributed by atoms with Crippen LogP contribution in [-0.4, -0.2) is 62.6 Å². The third-order valence-corrected chi connectivity index (χ3v) is 5.95. The number of halogens is 2. The van der Waals surface area contributed by atoms with Gasteiger partial charge in [0.05, 0.1) is 11.6 Å². The van der Waals surface area contributed by atoms with Crippen LogP contribution < -0.4 is 5.32 Å². The molecule has 0 spiro atoms. The monoisotopic (exact) mass is 551 g/mol. The number of hydrogen-bond donors (Lipinski definition) is 1. The summed E-state index contributed by atoms with van der Waals surface area (Å²) in [6.07, 6.45) is -2.75. The molecule has 0 aliphatic carbocycles. The minimum atomic E-state index is -1.13. The second-order valence-corrected chi connectivity index (χ2v) is 8.87. The van der Waals surface area contributed by atoms with Crippen molar-refractivity contribution < 1.29 is 33.3 Å². The summed E-state index contributed by atoms with van der Waals surface area (Å²) >= 11 is 12.5. The van der Waals surface area contributed by atoms with E-state index in [1.807, 2.05) is 18.2 Å². The largest absolute Gasteiger partial charge is 0.463 e. The van der Waals surface area contributed by atoms with E-state index in [9.17, 15) is 14.4 Å². The summed E-state index contributed by atoms with van der Waals surface area (Å²) in [4.78, 5) is 43.7. The van der Waals surface area contributed by atoms with Crippen molar-refractivity contribution in [3.8, 4) is 0 Å². The second-order valence-electron chi connectivity index (χ2n) is 8.13. The zero-order chi connectivity index (χ0) is 26.7. The Labute approximate surface area is 221 Å². The quantitative estimate of drug-likeness (QED) is 0.250. The van der Waals surface area contributed by atoms with Gasteiger partial charge in [0.15, 0.2) is 24.1 Å². The third-order valence-electron chi connectivity index (χ3n) is 5.41. The number of nitrogens with zero attached hydrogens (tertiary/aromatic N) is 4. The fourth-order valence-electron chi connectivity index (χ4n) is 3.93. The number of aromatic nitrogens is 4. The number of fused-ring (bicyclic) bond motifs is 1. The van der Waals surface area contributed by atoms with Crippen molar-refractivity contribution in [3.63, 3.8) is 0 Å². The highest BCUT2D eigenvalue weighted by Crippen LogP contribution is 2.36. The fourth-order valence-corrected chi connectivity index (χ4v) is 4.30. The Hall–Kier alpha value is -3.48. The van der Waals surface area contributed by atoms with Gasteiger partial charge in [-0.25, -0.2) is 4.68 Å². The molecule has 1 N–H and O–H groups in total. The van der Waals surface area contributed by atoms with Gasteiger partial charge in [-0.2, -0.15) is 15.1 Å². The Balaban J connectivity index is 1.70. The highest BCUT2D eigenvalue weighted by Gasteiger charge is 2.51. The first-order chi connectivity index (χ1) is 17.6. The molecule has 0 saturated carbocycles. The van der Waals surface area contributed by atoms with Gasteiger partial charge in [-0.1, -0.05) is 29.8 Å². The third kappa shape index (κ3) is 6.09. The maximum absolute atomic E-state index is 11.9. The van der Waals surface area contributed by atoms with E-state index in [4.69, 9.17) is 42.1 Å². The Morgan fingerprint density at radius 2 is 1.73 bits per heavy atom. The molecule has 196 valence electrons. The average Bonchev–Trinajstić information content (AvgIpc) is 3.37. The highest BCUT2D eigenvalue weighted by atomic mass is 35.5. The number of hydrogen-bond acceptors (Lipinski definition) is 11. The Morgan fingerprint density at radius 3 is 2.41 bits per heavy atom. The molecular weight excluding hydrogens is 529 g/mol. The standard InChI is InChI=1S/C23H23Cl2N5O7/c1-11(31)34-10-17-18(35-12(2)32)19(36-13(3)33)22(37-17)30-21-15(9-27-30)20(28-23(25)29-21)26-8-14-6-4-5-7-16(14)24/h4-7,9,17-19,22H,8,10H2,1-3H3,(H,26,28,29)/t17-,18-,19-,22-/m1/s1. The van der Waals surface area contributed by atoms with Crippen LogP contribution in [0.3, 0.4) is 0 Å². The number of anilines is 1. The number of rotatable bonds is 8. The number of ether oxygens (including phenoxy) is 4. The van der Waals surface area contributed by atoms with Crippen LogP contribution in [0.2, 0.25) is 10.3 Å². The second kappa shape index (κ2) is 11.3. The molecule has 0 radical (unpaired) electrons. The molecule has 0 unspecified atom stereocenters. The number of carbonyl (C=O) groups is 3. The van der Waals surface area contributed by atoms with E-state index in [0.717, 1.165) is 5.56 Å². The summed E-state index contributed by atoms with van der Waals surface area (Å²) in [5, 5.41) is 8.56. The van der Waals surface area contributed by atoms with Crippen molar-refractivity contribution in [2.24, 2.45) is 0 Å². The molecule has 2 aromatic heterocycles. The first-order valence-electron chi connectivity index (χ1n) is 11.2. The molecule has 12 nitrogen and oxygen atoms in total. The van der Waals surface area contributed by atoms with Crippen LogP contribution in [0.25, 0.3) is 11.0 Å². The van der Waals surface area contributed by atoms with Gasteiger partial charge in [0.25, 0.3) is 0 Å². The van der Waals surface area contributed by atoms with E-state index in [1.54, 1.807) is 6.07 Å². The number of benzene rings is 1. The molecule has 1 fully saturated rings. The number of nitrogens with one attached hydrogen (secondary N) is 1. The molecule has 1 aromatic carbocycles. The van der Waals surface area contributed by atoms with E-state index in [2.05, 4.69) is 20.4 Å². The molecule has 1 saturated heterocycles. The molecule has 1 aliphatic heterocycles. The molecule has 1 aliphatic rings. The van der Waals surface area contributed by atoms with Crippen molar-refractivity contribution in [3.05, 3.63) is 46.3 Å². The van der Waals surface area contributed by atoms with Gasteiger partial charge in [0.1, 0.15) is 18.5 Å². The van der Waals surface area contributed by atoms with E-state index >= 15 is 0 Å². The lowest BCUT2D eigenvalue weighted by molar-refractivity contribution is -0.166. The molecule has 3 aromatic rings. The molecule has 3 heterocycles. The average molecular weight is 552 g/mol. The number of carbonyl (C=O) groups excluding carboxylic acids is 3. The highest BCUT2D eigenvalue weighted by molar-refractivity contribution is 6.31. The summed E-state index contributed by atoms with van der Waals surface area (Å²) in [6, 6.07) is 7.33. The molecule has 4 rings (SSSR count). The van der Waals surface area contributed by atoms with Crippen LogP contribution in [0.5, 0.6) is 0 Å². The van der Waals surface area contributed by atoms with Crippen LogP contribution in [0, 0.1) is 0 Å². The molecule has 0 bridgehead atoms. The van der Waals surface area contributed by atoms with E-state index in [1.165, 1.54) is 31.6 Å². The van der Waals surface area contributed by atoms with Crippen LogP contribution in [0.1, 0.15) is 32.6 Å². The van der Waals surface area contributed by atoms with Gasteiger partial charge < -0.3 is 24.3 Å². The smallest absolute Gasteiger partial charge is 0.303 e. The van der Waals surface area contributed by atoms with Gasteiger partial charge in [0, 0.05) is 32.3 Å². The van der Waals surface area contributed by atoms with Crippen molar-refractivity contribution in [2.45, 2.75) is 51.9 Å². The van der Waals surface area contributed by atoms with Gasteiger partial charge in [-0.3, -0.25) is 14.4 Å². The maximum atomic E-state index is 11.9. The molecule has 37 heavy (non-hydrogen) atoms. The van der Waals surface area contributed by atoms with Crippen molar-refractivity contribution in [1.82, 2.24) is 19.7 Å². The fraction of sp³-hybridized carbons (Fsp3) is 0.391. The van der Waals surface area contributed by atoms with Gasteiger partial charge >= 0.3 is 17.9 Å². The predicted octanol–water partition coefficient (Wildman–Crippen LogP) is 3.07. The van der Waals surface area contributed by atoms with Crippen molar-refractivity contribution in [1.29, 1.82) is 0 Å². The summed E-state index contributed by atoms with van der Waals surface area (Å²) in [5.74, 6) is -1.46. The Kier molecular flexibility index (Phi) is 8.10. The zero-order valence-electron chi connectivity index (χ0n) is 20.0. The molecule has 14 heteroatoms. The van der Waals surface area contributed by atoms with Crippen LogP contribution in [0.4, 0.5) is 5.82 Å². The lowest BCUT2D eigenvalue weighted by Gasteiger charge is -2.23. The van der Waals surface area contributed by atoms with E-state index in [-0.39, 0.29) is 17.5 Å². The molecular formula is C23H23Cl2N5O7.